The SMILES string of the molecule is Cn1nccc1[C@H]1[C@H](NCc2ncc(C3CC3)o2)CC(=O)N1C1CC1. The van der Waals surface area contributed by atoms with Crippen LogP contribution in [-0.2, 0) is 18.4 Å². The quantitative estimate of drug-likeness (QED) is 0.868. The van der Waals surface area contributed by atoms with Gasteiger partial charge in [0.25, 0.3) is 0 Å². The molecule has 0 radical (unpaired) electrons. The lowest BCUT2D eigenvalue weighted by molar-refractivity contribution is -0.129. The minimum atomic E-state index is 0.0327. The molecule has 2 saturated carbocycles. The minimum Gasteiger partial charge on any atom is -0.444 e. The third-order valence-corrected chi connectivity index (χ3v) is 5.53. The fourth-order valence-electron chi connectivity index (χ4n) is 3.93. The standard InChI is InChI=1S/C18H23N5O2/c1-22-14(6-7-21-22)18-13(8-17(24)23(18)12-4-5-12)19-10-16-20-9-15(25-16)11-2-3-11/h6-7,9,11-13,18-19H,2-5,8,10H2,1H3/t13-,18-/m1/s1. The first-order valence-corrected chi connectivity index (χ1v) is 9.18. The van der Waals surface area contributed by atoms with Crippen LogP contribution in [0.15, 0.2) is 22.9 Å². The second-order valence-electron chi connectivity index (χ2n) is 7.48. The molecule has 7 nitrogen and oxygen atoms in total. The van der Waals surface area contributed by atoms with Crippen molar-refractivity contribution in [3.63, 3.8) is 0 Å². The average Bonchev–Trinajstić information content (AvgIpc) is 3.51. The van der Waals surface area contributed by atoms with Crippen molar-refractivity contribution in [3.8, 4) is 0 Å². The summed E-state index contributed by atoms with van der Waals surface area (Å²) in [5, 5.41) is 7.82. The van der Waals surface area contributed by atoms with Crippen molar-refractivity contribution in [2.75, 3.05) is 0 Å². The average molecular weight is 341 g/mol. The molecule has 2 aliphatic carbocycles. The van der Waals surface area contributed by atoms with Crippen LogP contribution < -0.4 is 5.32 Å². The van der Waals surface area contributed by atoms with Gasteiger partial charge in [-0.1, -0.05) is 0 Å². The predicted octanol–water partition coefficient (Wildman–Crippen LogP) is 1.88. The smallest absolute Gasteiger partial charge is 0.225 e. The summed E-state index contributed by atoms with van der Waals surface area (Å²) >= 11 is 0. The summed E-state index contributed by atoms with van der Waals surface area (Å²) in [5.41, 5.74) is 1.08. The lowest BCUT2D eigenvalue weighted by Gasteiger charge is -2.28. The molecule has 0 aromatic carbocycles. The Kier molecular flexibility index (Phi) is 3.45. The molecule has 1 N–H and O–H groups in total. The van der Waals surface area contributed by atoms with E-state index in [-0.39, 0.29) is 18.0 Å². The number of nitrogens with zero attached hydrogens (tertiary/aromatic N) is 4. The van der Waals surface area contributed by atoms with Gasteiger partial charge in [-0.05, 0) is 31.7 Å². The maximum atomic E-state index is 12.6. The normalized spacial score (nSPS) is 26.6. The molecule has 3 heterocycles. The minimum absolute atomic E-state index is 0.0327. The van der Waals surface area contributed by atoms with Gasteiger partial charge in [0.15, 0.2) is 0 Å². The highest BCUT2D eigenvalue weighted by atomic mass is 16.4. The number of rotatable bonds is 6. The number of hydrogen-bond acceptors (Lipinski definition) is 5. The van der Waals surface area contributed by atoms with Crippen LogP contribution in [0, 0.1) is 0 Å². The van der Waals surface area contributed by atoms with Crippen LogP contribution >= 0.6 is 0 Å². The Hall–Kier alpha value is -2.15. The molecule has 2 aromatic rings. The molecule has 1 aliphatic heterocycles. The number of nitrogens with one attached hydrogen (secondary N) is 1. The van der Waals surface area contributed by atoms with E-state index in [9.17, 15) is 4.79 Å². The topological polar surface area (TPSA) is 76.2 Å². The summed E-state index contributed by atoms with van der Waals surface area (Å²) < 4.78 is 7.72. The van der Waals surface area contributed by atoms with E-state index in [1.165, 1.54) is 12.8 Å². The summed E-state index contributed by atoms with van der Waals surface area (Å²) in [5.74, 6) is 2.52. The number of oxazole rings is 1. The van der Waals surface area contributed by atoms with Crippen molar-refractivity contribution in [1.82, 2.24) is 25.0 Å². The molecule has 5 rings (SSSR count). The van der Waals surface area contributed by atoms with Gasteiger partial charge in [-0.25, -0.2) is 4.98 Å². The van der Waals surface area contributed by atoms with E-state index in [4.69, 9.17) is 4.42 Å². The maximum Gasteiger partial charge on any atom is 0.225 e. The van der Waals surface area contributed by atoms with Crippen molar-refractivity contribution in [3.05, 3.63) is 35.8 Å². The molecule has 0 unspecified atom stereocenters. The number of carbonyl (C=O) groups is 1. The molecule has 3 fully saturated rings. The number of aryl methyl sites for hydroxylation is 1. The van der Waals surface area contributed by atoms with Crippen LogP contribution in [-0.4, -0.2) is 37.7 Å². The monoisotopic (exact) mass is 341 g/mol. The first-order valence-electron chi connectivity index (χ1n) is 9.18. The summed E-state index contributed by atoms with van der Waals surface area (Å²) in [6, 6.07) is 2.50. The first kappa shape index (κ1) is 15.1. The Morgan fingerprint density at radius 3 is 2.84 bits per heavy atom. The zero-order chi connectivity index (χ0) is 17.0. The fourth-order valence-corrected chi connectivity index (χ4v) is 3.93. The van der Waals surface area contributed by atoms with Crippen LogP contribution in [0.1, 0.15) is 61.4 Å². The molecule has 1 saturated heterocycles. The molecule has 132 valence electrons. The summed E-state index contributed by atoms with van der Waals surface area (Å²) in [4.78, 5) is 19.1. The van der Waals surface area contributed by atoms with Crippen LogP contribution in [0.25, 0.3) is 0 Å². The van der Waals surface area contributed by atoms with E-state index in [1.54, 1.807) is 6.20 Å². The number of carbonyl (C=O) groups excluding carboxylic acids is 1. The second-order valence-corrected chi connectivity index (χ2v) is 7.48. The van der Waals surface area contributed by atoms with Gasteiger partial charge in [-0.2, -0.15) is 5.10 Å². The molecular formula is C18H23N5O2. The highest BCUT2D eigenvalue weighted by Crippen LogP contribution is 2.42. The molecule has 0 spiro atoms. The Labute approximate surface area is 146 Å². The molecule has 3 aliphatic rings. The van der Waals surface area contributed by atoms with Gasteiger partial charge < -0.3 is 14.6 Å². The summed E-state index contributed by atoms with van der Waals surface area (Å²) in [6.45, 7) is 0.553. The van der Waals surface area contributed by atoms with Crippen LogP contribution in [0.3, 0.4) is 0 Å². The molecule has 1 amide bonds. The maximum absolute atomic E-state index is 12.6. The van der Waals surface area contributed by atoms with Crippen molar-refractivity contribution < 1.29 is 9.21 Å². The zero-order valence-electron chi connectivity index (χ0n) is 14.4. The largest absolute Gasteiger partial charge is 0.444 e. The van der Waals surface area contributed by atoms with Crippen LogP contribution in [0.4, 0.5) is 0 Å². The molecular weight excluding hydrogens is 318 g/mol. The van der Waals surface area contributed by atoms with Gasteiger partial charge in [0, 0.05) is 37.7 Å². The molecule has 2 atom stereocenters. The van der Waals surface area contributed by atoms with Crippen molar-refractivity contribution in [1.29, 1.82) is 0 Å². The van der Waals surface area contributed by atoms with Crippen molar-refractivity contribution >= 4 is 5.91 Å². The number of aromatic nitrogens is 3. The van der Waals surface area contributed by atoms with Gasteiger partial charge in [0.1, 0.15) is 5.76 Å². The van der Waals surface area contributed by atoms with Gasteiger partial charge in [0.2, 0.25) is 11.8 Å². The van der Waals surface area contributed by atoms with E-state index in [0.29, 0.717) is 30.8 Å². The molecule has 7 heteroatoms. The second kappa shape index (κ2) is 5.69. The zero-order valence-corrected chi connectivity index (χ0v) is 14.4. The van der Waals surface area contributed by atoms with E-state index in [2.05, 4.69) is 20.3 Å². The first-order chi connectivity index (χ1) is 12.2. The van der Waals surface area contributed by atoms with Gasteiger partial charge in [0.05, 0.1) is 24.5 Å². The predicted molar refractivity (Wildman–Crippen MR) is 89.5 cm³/mol. The summed E-state index contributed by atoms with van der Waals surface area (Å²) in [6.07, 6.45) is 8.80. The summed E-state index contributed by atoms with van der Waals surface area (Å²) in [7, 11) is 1.94. The Bertz CT molecular complexity index is 789. The van der Waals surface area contributed by atoms with Crippen LogP contribution in [0.5, 0.6) is 0 Å². The van der Waals surface area contributed by atoms with E-state index in [0.717, 1.165) is 24.3 Å². The van der Waals surface area contributed by atoms with E-state index >= 15 is 0 Å². The van der Waals surface area contributed by atoms with E-state index < -0.39 is 0 Å². The lowest BCUT2D eigenvalue weighted by Crippen LogP contribution is -2.38. The third kappa shape index (κ3) is 2.76. The van der Waals surface area contributed by atoms with Crippen molar-refractivity contribution in [2.24, 2.45) is 7.05 Å². The Morgan fingerprint density at radius 1 is 1.32 bits per heavy atom. The van der Waals surface area contributed by atoms with Gasteiger partial charge >= 0.3 is 0 Å². The van der Waals surface area contributed by atoms with Gasteiger partial charge in [-0.3, -0.25) is 9.48 Å². The van der Waals surface area contributed by atoms with Crippen LogP contribution in [0.2, 0.25) is 0 Å². The van der Waals surface area contributed by atoms with E-state index in [1.807, 2.05) is 24.0 Å². The Morgan fingerprint density at radius 2 is 2.16 bits per heavy atom. The lowest BCUT2D eigenvalue weighted by atomic mass is 10.1. The fraction of sp³-hybridized carbons (Fsp3) is 0.611. The molecule has 25 heavy (non-hydrogen) atoms. The van der Waals surface area contributed by atoms with Gasteiger partial charge in [-0.15, -0.1) is 0 Å². The number of amides is 1. The number of likely N-dealkylation sites (tertiary alicyclic amines) is 1. The third-order valence-electron chi connectivity index (χ3n) is 5.53. The Balaban J connectivity index is 1.34. The van der Waals surface area contributed by atoms with Crippen molar-refractivity contribution in [2.45, 2.75) is 62.7 Å². The molecule has 2 aromatic heterocycles. The highest BCUT2D eigenvalue weighted by Gasteiger charge is 2.48. The highest BCUT2D eigenvalue weighted by molar-refractivity contribution is 5.81. The number of hydrogen-bond donors (Lipinski definition) is 1. The molecule has 0 bridgehead atoms.